The largest absolute Gasteiger partial charge is 0.421 e. The van der Waals surface area contributed by atoms with Gasteiger partial charge in [0.25, 0.3) is 6.29 Å². The van der Waals surface area contributed by atoms with E-state index in [4.69, 9.17) is 9.47 Å². The molecule has 0 radical (unpaired) electrons. The van der Waals surface area contributed by atoms with E-state index < -0.39 is 18.2 Å². The van der Waals surface area contributed by atoms with E-state index in [2.05, 4.69) is 13.0 Å². The minimum atomic E-state index is -0.987. The van der Waals surface area contributed by atoms with Crippen LogP contribution in [0.4, 0.5) is 0 Å². The van der Waals surface area contributed by atoms with Crippen molar-refractivity contribution >= 4 is 18.0 Å². The molecule has 0 saturated carbocycles. The smallest absolute Gasteiger partial charge is 0.305 e. The second-order valence-corrected chi connectivity index (χ2v) is 4.75. The van der Waals surface area contributed by atoms with Crippen molar-refractivity contribution in [2.45, 2.75) is 46.3 Å². The lowest BCUT2D eigenvalue weighted by molar-refractivity contribution is -0.176. The summed E-state index contributed by atoms with van der Waals surface area (Å²) in [5.74, 6) is -0.990. The summed E-state index contributed by atoms with van der Waals surface area (Å²) in [6, 6.07) is 8.00. The Kier molecular flexibility index (Phi) is 7.23. The Hall–Kier alpha value is -2.10. The van der Waals surface area contributed by atoms with E-state index in [0.717, 1.165) is 24.8 Å². The van der Waals surface area contributed by atoms with Gasteiger partial charge < -0.3 is 9.47 Å². The fourth-order valence-corrected chi connectivity index (χ4v) is 1.90. The van der Waals surface area contributed by atoms with Gasteiger partial charge in [0.05, 0.1) is 0 Å². The molecule has 0 N–H and O–H groups in total. The van der Waals surface area contributed by atoms with Crippen molar-refractivity contribution in [3.8, 4) is 0 Å². The molecule has 0 unspecified atom stereocenters. The molecule has 114 valence electrons. The number of esters is 2. The van der Waals surface area contributed by atoms with Crippen LogP contribution < -0.4 is 0 Å². The number of carbonyl (C=O) groups excluding carboxylic acids is 2. The number of ether oxygens (including phenoxy) is 2. The van der Waals surface area contributed by atoms with Crippen molar-refractivity contribution in [1.82, 2.24) is 0 Å². The number of hydrogen-bond donors (Lipinski definition) is 0. The molecule has 0 fully saturated rings. The SMILES string of the molecule is CCCCc1ccccc1C=CC(OC(C)=O)OC(C)=O. The average Bonchev–Trinajstić information content (AvgIpc) is 2.42. The fraction of sp³-hybridized carbons (Fsp3) is 0.412. The molecule has 4 nitrogen and oxygen atoms in total. The maximum Gasteiger partial charge on any atom is 0.305 e. The Morgan fingerprint density at radius 2 is 1.76 bits per heavy atom. The predicted molar refractivity (Wildman–Crippen MR) is 81.4 cm³/mol. The zero-order valence-corrected chi connectivity index (χ0v) is 12.8. The lowest BCUT2D eigenvalue weighted by atomic mass is 10.0. The van der Waals surface area contributed by atoms with Crippen molar-refractivity contribution in [3.63, 3.8) is 0 Å². The van der Waals surface area contributed by atoms with Crippen molar-refractivity contribution < 1.29 is 19.1 Å². The first kappa shape index (κ1) is 17.0. The van der Waals surface area contributed by atoms with E-state index in [1.165, 1.54) is 19.4 Å². The van der Waals surface area contributed by atoms with Gasteiger partial charge in [0.2, 0.25) is 0 Å². The third-order valence-electron chi connectivity index (χ3n) is 2.85. The Balaban J connectivity index is 2.84. The standard InChI is InChI=1S/C17H22O4/c1-4-5-8-15-9-6-7-10-16(15)11-12-17(20-13(2)18)21-14(3)19/h6-7,9-12,17H,4-5,8H2,1-3H3. The summed E-state index contributed by atoms with van der Waals surface area (Å²) in [5, 5.41) is 0. The average molecular weight is 290 g/mol. The first-order chi connectivity index (χ1) is 10.0. The van der Waals surface area contributed by atoms with Gasteiger partial charge >= 0.3 is 11.9 Å². The number of rotatable bonds is 7. The molecule has 1 aromatic carbocycles. The van der Waals surface area contributed by atoms with Crippen LogP contribution in [-0.2, 0) is 25.5 Å². The monoisotopic (exact) mass is 290 g/mol. The third-order valence-corrected chi connectivity index (χ3v) is 2.85. The highest BCUT2D eigenvalue weighted by Gasteiger charge is 2.11. The molecular weight excluding hydrogens is 268 g/mol. The summed E-state index contributed by atoms with van der Waals surface area (Å²) >= 11 is 0. The summed E-state index contributed by atoms with van der Waals surface area (Å²) in [7, 11) is 0. The molecule has 0 aliphatic heterocycles. The third kappa shape index (κ3) is 6.75. The van der Waals surface area contributed by atoms with Crippen LogP contribution in [0, 0.1) is 0 Å². The van der Waals surface area contributed by atoms with Crippen LogP contribution in [0.15, 0.2) is 30.3 Å². The van der Waals surface area contributed by atoms with E-state index in [1.807, 2.05) is 24.3 Å². The van der Waals surface area contributed by atoms with Gasteiger partial charge in [0.15, 0.2) is 0 Å². The fourth-order valence-electron chi connectivity index (χ4n) is 1.90. The van der Waals surface area contributed by atoms with Gasteiger partial charge in [-0.2, -0.15) is 0 Å². The minimum Gasteiger partial charge on any atom is -0.421 e. The van der Waals surface area contributed by atoms with E-state index >= 15 is 0 Å². The molecule has 0 bridgehead atoms. The maximum atomic E-state index is 11.0. The van der Waals surface area contributed by atoms with Gasteiger partial charge in [-0.1, -0.05) is 43.7 Å². The molecule has 0 heterocycles. The van der Waals surface area contributed by atoms with E-state index in [-0.39, 0.29) is 0 Å². The summed E-state index contributed by atoms with van der Waals surface area (Å²) in [5.41, 5.74) is 2.26. The van der Waals surface area contributed by atoms with Crippen molar-refractivity contribution in [2.75, 3.05) is 0 Å². The minimum absolute atomic E-state index is 0.495. The van der Waals surface area contributed by atoms with Crippen LogP contribution in [0.5, 0.6) is 0 Å². The molecule has 0 spiro atoms. The van der Waals surface area contributed by atoms with Crippen LogP contribution >= 0.6 is 0 Å². The van der Waals surface area contributed by atoms with Gasteiger partial charge in [-0.3, -0.25) is 9.59 Å². The van der Waals surface area contributed by atoms with Crippen molar-refractivity contribution in [3.05, 3.63) is 41.5 Å². The summed E-state index contributed by atoms with van der Waals surface area (Å²) in [4.78, 5) is 22.0. The van der Waals surface area contributed by atoms with Crippen molar-refractivity contribution in [1.29, 1.82) is 0 Å². The zero-order valence-electron chi connectivity index (χ0n) is 12.8. The molecule has 21 heavy (non-hydrogen) atoms. The quantitative estimate of drug-likeness (QED) is 0.569. The molecule has 0 saturated heterocycles. The van der Waals surface area contributed by atoms with Crippen LogP contribution in [0.2, 0.25) is 0 Å². The summed E-state index contributed by atoms with van der Waals surface area (Å²) in [6.07, 6.45) is 5.64. The molecule has 1 aromatic rings. The van der Waals surface area contributed by atoms with Gasteiger partial charge in [0.1, 0.15) is 0 Å². The number of aryl methyl sites for hydroxylation is 1. The summed E-state index contributed by atoms with van der Waals surface area (Å²) in [6.45, 7) is 4.70. The zero-order chi connectivity index (χ0) is 15.7. The topological polar surface area (TPSA) is 52.6 Å². The molecule has 4 heteroatoms. The molecule has 0 atom stereocenters. The van der Waals surface area contributed by atoms with Gasteiger partial charge in [-0.15, -0.1) is 0 Å². The van der Waals surface area contributed by atoms with E-state index in [0.29, 0.717) is 0 Å². The van der Waals surface area contributed by atoms with E-state index in [9.17, 15) is 9.59 Å². The van der Waals surface area contributed by atoms with Gasteiger partial charge in [-0.05, 0) is 30.0 Å². The molecule has 0 aliphatic rings. The van der Waals surface area contributed by atoms with E-state index in [1.54, 1.807) is 6.08 Å². The molecule has 0 amide bonds. The van der Waals surface area contributed by atoms with Gasteiger partial charge in [0, 0.05) is 13.8 Å². The first-order valence-corrected chi connectivity index (χ1v) is 7.13. The maximum absolute atomic E-state index is 11.0. The number of benzene rings is 1. The van der Waals surface area contributed by atoms with Crippen LogP contribution in [-0.4, -0.2) is 18.2 Å². The summed E-state index contributed by atoms with van der Waals surface area (Å²) < 4.78 is 9.87. The van der Waals surface area contributed by atoms with Crippen LogP contribution in [0.3, 0.4) is 0 Å². The molecule has 0 aliphatic carbocycles. The van der Waals surface area contributed by atoms with Crippen molar-refractivity contribution in [2.24, 2.45) is 0 Å². The molecule has 0 aromatic heterocycles. The number of unbranched alkanes of at least 4 members (excludes halogenated alkanes) is 1. The van der Waals surface area contributed by atoms with Crippen LogP contribution in [0.25, 0.3) is 6.08 Å². The molecule has 1 rings (SSSR count). The molecular formula is C17H22O4. The lowest BCUT2D eigenvalue weighted by Gasteiger charge is -2.13. The van der Waals surface area contributed by atoms with Gasteiger partial charge in [-0.25, -0.2) is 0 Å². The van der Waals surface area contributed by atoms with Crippen LogP contribution in [0.1, 0.15) is 44.7 Å². The second-order valence-electron chi connectivity index (χ2n) is 4.75. The predicted octanol–water partition coefficient (Wildman–Crippen LogP) is 3.49. The second kappa shape index (κ2) is 8.95. The number of hydrogen-bond acceptors (Lipinski definition) is 4. The number of carbonyl (C=O) groups is 2. The Bertz CT molecular complexity index is 489. The Labute approximate surface area is 125 Å². The highest BCUT2D eigenvalue weighted by Crippen LogP contribution is 2.15. The highest BCUT2D eigenvalue weighted by molar-refractivity contribution is 5.69. The Morgan fingerprint density at radius 3 is 2.33 bits per heavy atom. The first-order valence-electron chi connectivity index (χ1n) is 7.13. The lowest BCUT2D eigenvalue weighted by Crippen LogP contribution is -2.20. The normalized spacial score (nSPS) is 10.9. The highest BCUT2D eigenvalue weighted by atomic mass is 16.7. The Morgan fingerprint density at radius 1 is 1.14 bits per heavy atom.